The van der Waals surface area contributed by atoms with E-state index >= 15 is 0 Å². The summed E-state index contributed by atoms with van der Waals surface area (Å²) in [5, 5.41) is 3.36. The zero-order valence-electron chi connectivity index (χ0n) is 10.2. The first kappa shape index (κ1) is 11.9. The zero-order valence-corrected chi connectivity index (χ0v) is 10.2. The van der Waals surface area contributed by atoms with Crippen LogP contribution < -0.4 is 16.6 Å². The van der Waals surface area contributed by atoms with Crippen molar-refractivity contribution in [2.24, 2.45) is 10.8 Å². The number of nitrogens with one attached hydrogen (secondary N) is 2. The number of guanidine groups is 1. The van der Waals surface area contributed by atoms with Gasteiger partial charge in [-0.25, -0.2) is 5.84 Å². The summed E-state index contributed by atoms with van der Waals surface area (Å²) in [6.45, 7) is 2.73. The number of hydrazine groups is 1. The van der Waals surface area contributed by atoms with Crippen molar-refractivity contribution in [1.29, 1.82) is 0 Å². The molecule has 1 aliphatic rings. The molecular formula is C13H20N4. The standard InChI is InChI=1S/C13H20N4/c1-2-15-13(17-14)16-12-8-7-10-5-3-4-6-11(10)9-12/h3-6,12H,2,7-9,14H2,1H3,(H2,15,16,17). The first-order valence-corrected chi connectivity index (χ1v) is 6.18. The molecule has 4 nitrogen and oxygen atoms in total. The highest BCUT2D eigenvalue weighted by atomic mass is 15.3. The van der Waals surface area contributed by atoms with E-state index in [1.165, 1.54) is 11.1 Å². The topological polar surface area (TPSA) is 62.4 Å². The molecule has 1 aliphatic carbocycles. The molecule has 0 aromatic heterocycles. The van der Waals surface area contributed by atoms with Crippen LogP contribution in [0.2, 0.25) is 0 Å². The van der Waals surface area contributed by atoms with E-state index in [0.717, 1.165) is 25.8 Å². The lowest BCUT2D eigenvalue weighted by atomic mass is 9.88. The number of nitrogens with zero attached hydrogens (tertiary/aromatic N) is 1. The fraction of sp³-hybridized carbons (Fsp3) is 0.462. The van der Waals surface area contributed by atoms with E-state index in [-0.39, 0.29) is 0 Å². The second kappa shape index (κ2) is 5.68. The average Bonchev–Trinajstić information content (AvgIpc) is 2.38. The molecule has 92 valence electrons. The van der Waals surface area contributed by atoms with Gasteiger partial charge in [0.15, 0.2) is 0 Å². The Kier molecular flexibility index (Phi) is 3.98. The third kappa shape index (κ3) is 2.97. The SMILES string of the molecule is CCN=C(NN)NC1CCc2ccccc2C1. The first-order valence-electron chi connectivity index (χ1n) is 6.18. The van der Waals surface area contributed by atoms with Gasteiger partial charge in [-0.1, -0.05) is 24.3 Å². The molecule has 0 saturated heterocycles. The number of benzene rings is 1. The zero-order chi connectivity index (χ0) is 12.1. The molecule has 1 aromatic carbocycles. The van der Waals surface area contributed by atoms with Gasteiger partial charge in [0.05, 0.1) is 0 Å². The monoisotopic (exact) mass is 232 g/mol. The maximum Gasteiger partial charge on any atom is 0.205 e. The van der Waals surface area contributed by atoms with Crippen LogP contribution in [-0.2, 0) is 12.8 Å². The van der Waals surface area contributed by atoms with Gasteiger partial charge in [-0.3, -0.25) is 10.4 Å². The summed E-state index contributed by atoms with van der Waals surface area (Å²) >= 11 is 0. The van der Waals surface area contributed by atoms with Gasteiger partial charge in [0.2, 0.25) is 5.96 Å². The highest BCUT2D eigenvalue weighted by Gasteiger charge is 2.18. The number of aryl methyl sites for hydroxylation is 1. The first-order chi connectivity index (χ1) is 8.33. The number of hydrogen-bond donors (Lipinski definition) is 3. The molecule has 1 unspecified atom stereocenters. The summed E-state index contributed by atoms with van der Waals surface area (Å²) in [6.07, 6.45) is 3.29. The van der Waals surface area contributed by atoms with Crippen molar-refractivity contribution < 1.29 is 0 Å². The molecule has 1 atom stereocenters. The largest absolute Gasteiger partial charge is 0.352 e. The number of hydrogen-bond acceptors (Lipinski definition) is 2. The molecular weight excluding hydrogens is 212 g/mol. The third-order valence-corrected chi connectivity index (χ3v) is 3.14. The van der Waals surface area contributed by atoms with Gasteiger partial charge in [0, 0.05) is 12.6 Å². The second-order valence-corrected chi connectivity index (χ2v) is 4.32. The highest BCUT2D eigenvalue weighted by molar-refractivity contribution is 5.79. The molecule has 0 heterocycles. The Labute approximate surface area is 102 Å². The molecule has 17 heavy (non-hydrogen) atoms. The minimum absolute atomic E-state index is 0.422. The van der Waals surface area contributed by atoms with E-state index in [1.807, 2.05) is 6.92 Å². The van der Waals surface area contributed by atoms with Gasteiger partial charge < -0.3 is 5.32 Å². The van der Waals surface area contributed by atoms with Crippen LogP contribution in [-0.4, -0.2) is 18.5 Å². The van der Waals surface area contributed by atoms with Crippen LogP contribution in [0.3, 0.4) is 0 Å². The maximum atomic E-state index is 5.43. The Morgan fingerprint density at radius 1 is 1.41 bits per heavy atom. The molecule has 0 fully saturated rings. The van der Waals surface area contributed by atoms with Crippen LogP contribution in [0.4, 0.5) is 0 Å². The maximum absolute atomic E-state index is 5.43. The van der Waals surface area contributed by atoms with Crippen LogP contribution >= 0.6 is 0 Å². The Balaban J connectivity index is 2.00. The molecule has 4 N–H and O–H groups in total. The van der Waals surface area contributed by atoms with Gasteiger partial charge >= 0.3 is 0 Å². The summed E-state index contributed by atoms with van der Waals surface area (Å²) in [5.41, 5.74) is 5.52. The van der Waals surface area contributed by atoms with Crippen LogP contribution in [0.5, 0.6) is 0 Å². The van der Waals surface area contributed by atoms with Gasteiger partial charge in [-0.05, 0) is 37.3 Å². The minimum atomic E-state index is 0.422. The second-order valence-electron chi connectivity index (χ2n) is 4.32. The van der Waals surface area contributed by atoms with Crippen LogP contribution in [0, 0.1) is 0 Å². The summed E-state index contributed by atoms with van der Waals surface area (Å²) in [6, 6.07) is 9.05. The van der Waals surface area contributed by atoms with Crippen LogP contribution in [0.25, 0.3) is 0 Å². The van der Waals surface area contributed by atoms with Gasteiger partial charge in [-0.2, -0.15) is 0 Å². The van der Waals surface area contributed by atoms with Crippen molar-refractivity contribution in [2.75, 3.05) is 6.54 Å². The van der Waals surface area contributed by atoms with E-state index in [9.17, 15) is 0 Å². The van der Waals surface area contributed by atoms with E-state index in [0.29, 0.717) is 12.0 Å². The predicted molar refractivity (Wildman–Crippen MR) is 70.7 cm³/mol. The van der Waals surface area contributed by atoms with Crippen molar-refractivity contribution in [3.8, 4) is 0 Å². The van der Waals surface area contributed by atoms with Crippen molar-refractivity contribution in [3.63, 3.8) is 0 Å². The highest BCUT2D eigenvalue weighted by Crippen LogP contribution is 2.20. The van der Waals surface area contributed by atoms with Crippen molar-refractivity contribution >= 4 is 5.96 Å². The summed E-state index contributed by atoms with van der Waals surface area (Å²) < 4.78 is 0. The number of aliphatic imine (C=N–C) groups is 1. The molecule has 4 heteroatoms. The molecule has 0 radical (unpaired) electrons. The van der Waals surface area contributed by atoms with E-state index < -0.39 is 0 Å². The average molecular weight is 232 g/mol. The van der Waals surface area contributed by atoms with E-state index in [1.54, 1.807) is 0 Å². The Morgan fingerprint density at radius 2 is 2.18 bits per heavy atom. The Hall–Kier alpha value is -1.55. The molecule has 1 aromatic rings. The normalized spacial score (nSPS) is 19.6. The number of rotatable bonds is 2. The van der Waals surface area contributed by atoms with Crippen LogP contribution in [0.15, 0.2) is 29.3 Å². The van der Waals surface area contributed by atoms with Gasteiger partial charge in [0.1, 0.15) is 0 Å². The lowest BCUT2D eigenvalue weighted by Gasteiger charge is -2.26. The summed E-state index contributed by atoms with van der Waals surface area (Å²) in [5.74, 6) is 6.12. The van der Waals surface area contributed by atoms with E-state index in [4.69, 9.17) is 5.84 Å². The quantitative estimate of drug-likeness (QED) is 0.308. The predicted octanol–water partition coefficient (Wildman–Crippen LogP) is 0.973. The lowest BCUT2D eigenvalue weighted by Crippen LogP contribution is -2.48. The minimum Gasteiger partial charge on any atom is -0.352 e. The lowest BCUT2D eigenvalue weighted by molar-refractivity contribution is 0.521. The molecule has 0 amide bonds. The third-order valence-electron chi connectivity index (χ3n) is 3.14. The molecule has 0 aliphatic heterocycles. The molecule has 0 saturated carbocycles. The summed E-state index contributed by atoms with van der Waals surface area (Å²) in [4.78, 5) is 4.26. The van der Waals surface area contributed by atoms with Gasteiger partial charge in [0.25, 0.3) is 0 Å². The van der Waals surface area contributed by atoms with Crippen molar-refractivity contribution in [3.05, 3.63) is 35.4 Å². The fourth-order valence-electron chi connectivity index (χ4n) is 2.31. The summed E-state index contributed by atoms with van der Waals surface area (Å²) in [7, 11) is 0. The fourth-order valence-corrected chi connectivity index (χ4v) is 2.31. The van der Waals surface area contributed by atoms with Crippen molar-refractivity contribution in [2.45, 2.75) is 32.2 Å². The van der Waals surface area contributed by atoms with Gasteiger partial charge in [-0.15, -0.1) is 0 Å². The van der Waals surface area contributed by atoms with Crippen LogP contribution in [0.1, 0.15) is 24.5 Å². The molecule has 2 rings (SSSR count). The number of fused-ring (bicyclic) bond motifs is 1. The smallest absolute Gasteiger partial charge is 0.205 e. The Morgan fingerprint density at radius 3 is 2.88 bits per heavy atom. The van der Waals surface area contributed by atoms with E-state index in [2.05, 4.69) is 40.0 Å². The molecule has 0 bridgehead atoms. The van der Waals surface area contributed by atoms with Crippen molar-refractivity contribution in [1.82, 2.24) is 10.7 Å². The Bertz CT molecular complexity index is 400. The molecule has 0 spiro atoms. The number of nitrogens with two attached hydrogens (primary N) is 1.